The first kappa shape index (κ1) is 17.3. The van der Waals surface area contributed by atoms with Crippen molar-refractivity contribution in [3.05, 3.63) is 22.8 Å². The fourth-order valence-electron chi connectivity index (χ4n) is 2.18. The highest BCUT2D eigenvalue weighted by atomic mass is 35.5. The summed E-state index contributed by atoms with van der Waals surface area (Å²) in [5, 5.41) is 3.28. The number of likely N-dealkylation sites (N-methyl/N-ethyl adjacent to an activating group) is 1. The highest BCUT2D eigenvalue weighted by molar-refractivity contribution is 6.33. The summed E-state index contributed by atoms with van der Waals surface area (Å²) in [5.41, 5.74) is -0.823. The summed E-state index contributed by atoms with van der Waals surface area (Å²) >= 11 is 5.92. The van der Waals surface area contributed by atoms with E-state index in [1.165, 1.54) is 0 Å². The van der Waals surface area contributed by atoms with Crippen LogP contribution < -0.4 is 10.2 Å². The third-order valence-electron chi connectivity index (χ3n) is 3.30. The van der Waals surface area contributed by atoms with Crippen molar-refractivity contribution in [2.75, 3.05) is 25.0 Å². The van der Waals surface area contributed by atoms with E-state index < -0.39 is 11.7 Å². The van der Waals surface area contributed by atoms with Crippen LogP contribution in [-0.4, -0.2) is 31.2 Å². The van der Waals surface area contributed by atoms with Gasteiger partial charge in [0.1, 0.15) is 5.82 Å². The van der Waals surface area contributed by atoms with Gasteiger partial charge in [0, 0.05) is 25.8 Å². The van der Waals surface area contributed by atoms with Gasteiger partial charge in [-0.2, -0.15) is 13.2 Å². The van der Waals surface area contributed by atoms with Crippen molar-refractivity contribution in [3.8, 4) is 0 Å². The number of nitrogens with zero attached hydrogens (tertiary/aromatic N) is 2. The van der Waals surface area contributed by atoms with Gasteiger partial charge in [-0.3, -0.25) is 0 Å². The van der Waals surface area contributed by atoms with Crippen LogP contribution in [0, 0.1) is 0 Å². The molecule has 1 fully saturated rings. The first-order valence-corrected chi connectivity index (χ1v) is 6.43. The van der Waals surface area contributed by atoms with Crippen LogP contribution >= 0.6 is 24.0 Å². The normalized spacial score (nSPS) is 19.4. The highest BCUT2D eigenvalue weighted by Crippen LogP contribution is 2.33. The van der Waals surface area contributed by atoms with Gasteiger partial charge in [-0.25, -0.2) is 4.98 Å². The predicted molar refractivity (Wildman–Crippen MR) is 75.8 cm³/mol. The standard InChI is InChI=1S/C12H15ClF3N3.ClH/c1-19(9-3-2-4-17-7-9)11-10(13)5-8(6-18-11)12(14,15)16;/h5-6,9,17H,2-4,7H2,1H3;1H/t9-;/m0./s1. The van der Waals surface area contributed by atoms with Gasteiger partial charge in [0.15, 0.2) is 0 Å². The minimum atomic E-state index is -4.42. The monoisotopic (exact) mass is 329 g/mol. The molecule has 1 atom stereocenters. The molecule has 1 N–H and O–H groups in total. The molecular weight excluding hydrogens is 314 g/mol. The van der Waals surface area contributed by atoms with Crippen molar-refractivity contribution in [1.29, 1.82) is 0 Å². The Labute approximate surface area is 126 Å². The van der Waals surface area contributed by atoms with E-state index in [0.29, 0.717) is 5.82 Å². The molecule has 1 aliphatic heterocycles. The number of hydrogen-bond acceptors (Lipinski definition) is 3. The topological polar surface area (TPSA) is 28.2 Å². The van der Waals surface area contributed by atoms with E-state index >= 15 is 0 Å². The van der Waals surface area contributed by atoms with Crippen molar-refractivity contribution in [2.24, 2.45) is 0 Å². The minimum Gasteiger partial charge on any atom is -0.354 e. The number of alkyl halides is 3. The van der Waals surface area contributed by atoms with Crippen LogP contribution in [0.1, 0.15) is 18.4 Å². The number of halogens is 5. The van der Waals surface area contributed by atoms with E-state index in [4.69, 9.17) is 11.6 Å². The van der Waals surface area contributed by atoms with Crippen molar-refractivity contribution in [2.45, 2.75) is 25.1 Å². The van der Waals surface area contributed by atoms with Crippen LogP contribution in [0.3, 0.4) is 0 Å². The first-order valence-electron chi connectivity index (χ1n) is 6.06. The summed E-state index contributed by atoms with van der Waals surface area (Å²) < 4.78 is 37.6. The van der Waals surface area contributed by atoms with Gasteiger partial charge in [-0.05, 0) is 25.5 Å². The van der Waals surface area contributed by atoms with Crippen LogP contribution in [0.5, 0.6) is 0 Å². The third kappa shape index (κ3) is 3.90. The molecule has 0 spiro atoms. The van der Waals surface area contributed by atoms with Gasteiger partial charge in [0.05, 0.1) is 10.6 Å². The number of piperidine rings is 1. The molecule has 1 aliphatic rings. The summed E-state index contributed by atoms with van der Waals surface area (Å²) in [7, 11) is 1.80. The number of anilines is 1. The Morgan fingerprint density at radius 2 is 2.15 bits per heavy atom. The smallest absolute Gasteiger partial charge is 0.354 e. The zero-order valence-electron chi connectivity index (χ0n) is 10.9. The lowest BCUT2D eigenvalue weighted by atomic mass is 10.1. The van der Waals surface area contributed by atoms with Crippen LogP contribution in [0.15, 0.2) is 12.3 Å². The van der Waals surface area contributed by atoms with Gasteiger partial charge in [-0.15, -0.1) is 12.4 Å². The van der Waals surface area contributed by atoms with E-state index in [1.54, 1.807) is 7.05 Å². The molecule has 8 heteroatoms. The zero-order valence-corrected chi connectivity index (χ0v) is 12.4. The first-order chi connectivity index (χ1) is 8.89. The van der Waals surface area contributed by atoms with Crippen molar-refractivity contribution in [3.63, 3.8) is 0 Å². The van der Waals surface area contributed by atoms with E-state index in [2.05, 4.69) is 10.3 Å². The van der Waals surface area contributed by atoms with E-state index in [9.17, 15) is 13.2 Å². The molecule has 1 aromatic heterocycles. The predicted octanol–water partition coefficient (Wildman–Crippen LogP) is 3.36. The van der Waals surface area contributed by atoms with E-state index in [-0.39, 0.29) is 23.5 Å². The van der Waals surface area contributed by atoms with Gasteiger partial charge in [-0.1, -0.05) is 11.6 Å². The average molecular weight is 330 g/mol. The van der Waals surface area contributed by atoms with E-state index in [1.807, 2.05) is 4.90 Å². The second-order valence-corrected chi connectivity index (χ2v) is 5.05. The maximum absolute atomic E-state index is 12.5. The Kier molecular flexibility index (Phi) is 5.91. The largest absolute Gasteiger partial charge is 0.417 e. The molecule has 1 saturated heterocycles. The quantitative estimate of drug-likeness (QED) is 0.901. The summed E-state index contributed by atoms with van der Waals surface area (Å²) in [5.74, 6) is 0.392. The van der Waals surface area contributed by atoms with Gasteiger partial charge in [0.2, 0.25) is 0 Å². The number of hydrogen-bond donors (Lipinski definition) is 1. The van der Waals surface area contributed by atoms with Gasteiger partial charge >= 0.3 is 6.18 Å². The molecule has 3 nitrogen and oxygen atoms in total. The second kappa shape index (κ2) is 6.83. The molecule has 2 rings (SSSR count). The molecule has 2 heterocycles. The van der Waals surface area contributed by atoms with Crippen LogP contribution in [-0.2, 0) is 6.18 Å². The molecule has 0 aromatic carbocycles. The average Bonchev–Trinajstić information content (AvgIpc) is 2.38. The van der Waals surface area contributed by atoms with Gasteiger partial charge < -0.3 is 10.2 Å². The van der Waals surface area contributed by atoms with Crippen molar-refractivity contribution in [1.82, 2.24) is 10.3 Å². The van der Waals surface area contributed by atoms with Crippen LogP contribution in [0.4, 0.5) is 19.0 Å². The molecule has 1 aromatic rings. The Bertz CT molecular complexity index is 448. The number of rotatable bonds is 2. The lowest BCUT2D eigenvalue weighted by Gasteiger charge is -2.33. The van der Waals surface area contributed by atoms with Gasteiger partial charge in [0.25, 0.3) is 0 Å². The number of pyridine rings is 1. The molecule has 20 heavy (non-hydrogen) atoms. The molecule has 0 unspecified atom stereocenters. The number of aromatic nitrogens is 1. The third-order valence-corrected chi connectivity index (χ3v) is 3.58. The minimum absolute atomic E-state index is 0. The molecule has 0 saturated carbocycles. The maximum atomic E-state index is 12.5. The van der Waals surface area contributed by atoms with Crippen LogP contribution in [0.25, 0.3) is 0 Å². The second-order valence-electron chi connectivity index (χ2n) is 4.64. The highest BCUT2D eigenvalue weighted by Gasteiger charge is 2.32. The van der Waals surface area contributed by atoms with Crippen LogP contribution in [0.2, 0.25) is 5.02 Å². The molecule has 114 valence electrons. The molecular formula is C12H16Cl2F3N3. The molecule has 0 radical (unpaired) electrons. The molecule has 0 amide bonds. The fraction of sp³-hybridized carbons (Fsp3) is 0.583. The SMILES string of the molecule is CN(c1ncc(C(F)(F)F)cc1Cl)[C@H]1CCCNC1.Cl. The lowest BCUT2D eigenvalue weighted by Crippen LogP contribution is -2.44. The Hall–Kier alpha value is -0.720. The molecule has 0 aliphatic carbocycles. The number of nitrogens with one attached hydrogen (secondary N) is 1. The van der Waals surface area contributed by atoms with Crippen molar-refractivity contribution >= 4 is 29.8 Å². The van der Waals surface area contributed by atoms with E-state index in [0.717, 1.165) is 38.2 Å². The Balaban J connectivity index is 0.00000200. The summed E-state index contributed by atoms with van der Waals surface area (Å²) in [6.07, 6.45) is -1.58. The summed E-state index contributed by atoms with van der Waals surface area (Å²) in [4.78, 5) is 5.71. The summed E-state index contributed by atoms with van der Waals surface area (Å²) in [6.45, 7) is 1.76. The summed E-state index contributed by atoms with van der Waals surface area (Å²) in [6, 6.07) is 1.13. The maximum Gasteiger partial charge on any atom is 0.417 e. The van der Waals surface area contributed by atoms with Crippen molar-refractivity contribution < 1.29 is 13.2 Å². The Morgan fingerprint density at radius 3 is 2.65 bits per heavy atom. The Morgan fingerprint density at radius 1 is 1.45 bits per heavy atom. The molecule has 0 bridgehead atoms. The zero-order chi connectivity index (χ0) is 14.0. The lowest BCUT2D eigenvalue weighted by molar-refractivity contribution is -0.137. The fourth-order valence-corrected chi connectivity index (χ4v) is 2.48.